The van der Waals surface area contributed by atoms with Gasteiger partial charge in [-0.1, -0.05) is 11.6 Å². The quantitative estimate of drug-likeness (QED) is 0.788. The van der Waals surface area contributed by atoms with Gasteiger partial charge in [-0.05, 0) is 36.8 Å². The summed E-state index contributed by atoms with van der Waals surface area (Å²) in [6.07, 6.45) is 1.63. The van der Waals surface area contributed by atoms with E-state index in [-0.39, 0.29) is 5.56 Å². The third kappa shape index (κ3) is 2.90. The second-order valence-corrected chi connectivity index (χ2v) is 4.47. The summed E-state index contributed by atoms with van der Waals surface area (Å²) >= 11 is 6.08. The van der Waals surface area contributed by atoms with Crippen molar-refractivity contribution >= 4 is 17.6 Å². The Morgan fingerprint density at radius 1 is 1.32 bits per heavy atom. The molecular weight excluding hydrogens is 269 g/mol. The van der Waals surface area contributed by atoms with Gasteiger partial charge < -0.3 is 4.74 Å². The Hall–Kier alpha value is -1.94. The van der Waals surface area contributed by atoms with Crippen molar-refractivity contribution in [2.75, 3.05) is 7.11 Å². The standard InChI is InChI=1S/C14H11ClFNO2/c1-8-3-12(15)13(17-7-8)9-4-10(14(18)19-2)6-11(16)5-9/h3-7H,1-2H3. The summed E-state index contributed by atoms with van der Waals surface area (Å²) in [6, 6.07) is 5.61. The van der Waals surface area contributed by atoms with Crippen LogP contribution < -0.4 is 0 Å². The molecule has 19 heavy (non-hydrogen) atoms. The van der Waals surface area contributed by atoms with Crippen LogP contribution in [0.3, 0.4) is 0 Å². The molecule has 0 saturated heterocycles. The number of nitrogens with zero attached hydrogens (tertiary/aromatic N) is 1. The molecule has 0 aliphatic heterocycles. The molecule has 0 unspecified atom stereocenters. The van der Waals surface area contributed by atoms with E-state index in [1.165, 1.54) is 19.2 Å². The van der Waals surface area contributed by atoms with Crippen LogP contribution in [0.4, 0.5) is 4.39 Å². The van der Waals surface area contributed by atoms with Crippen molar-refractivity contribution in [2.24, 2.45) is 0 Å². The first-order chi connectivity index (χ1) is 9.01. The monoisotopic (exact) mass is 279 g/mol. The molecule has 0 radical (unpaired) electrons. The van der Waals surface area contributed by atoms with Gasteiger partial charge in [0.1, 0.15) is 5.82 Å². The molecule has 0 aliphatic rings. The lowest BCUT2D eigenvalue weighted by molar-refractivity contribution is 0.0600. The van der Waals surface area contributed by atoms with E-state index in [1.54, 1.807) is 12.3 Å². The zero-order chi connectivity index (χ0) is 14.0. The number of methoxy groups -OCH3 is 1. The maximum atomic E-state index is 13.5. The first-order valence-corrected chi connectivity index (χ1v) is 5.90. The lowest BCUT2D eigenvalue weighted by Gasteiger charge is -2.07. The Balaban J connectivity index is 2.56. The average Bonchev–Trinajstić information content (AvgIpc) is 2.37. The molecular formula is C14H11ClFNO2. The van der Waals surface area contributed by atoms with Crippen molar-refractivity contribution in [3.8, 4) is 11.3 Å². The summed E-state index contributed by atoms with van der Waals surface area (Å²) in [7, 11) is 1.24. The number of esters is 1. The van der Waals surface area contributed by atoms with Crippen molar-refractivity contribution in [3.05, 3.63) is 52.4 Å². The van der Waals surface area contributed by atoms with Gasteiger partial charge in [0.25, 0.3) is 0 Å². The zero-order valence-electron chi connectivity index (χ0n) is 10.4. The van der Waals surface area contributed by atoms with Gasteiger partial charge in [0.05, 0.1) is 23.4 Å². The Bertz CT molecular complexity index is 643. The predicted molar refractivity (Wildman–Crippen MR) is 70.7 cm³/mol. The van der Waals surface area contributed by atoms with Gasteiger partial charge in [0, 0.05) is 11.8 Å². The Labute approximate surface area is 115 Å². The van der Waals surface area contributed by atoms with Gasteiger partial charge in [-0.3, -0.25) is 4.98 Å². The van der Waals surface area contributed by atoms with E-state index in [9.17, 15) is 9.18 Å². The van der Waals surface area contributed by atoms with Crippen LogP contribution >= 0.6 is 11.6 Å². The number of aromatic nitrogens is 1. The Morgan fingerprint density at radius 3 is 2.68 bits per heavy atom. The van der Waals surface area contributed by atoms with Crippen LogP contribution in [0.15, 0.2) is 30.5 Å². The second kappa shape index (κ2) is 5.36. The van der Waals surface area contributed by atoms with Crippen LogP contribution in [-0.2, 0) is 4.74 Å². The lowest BCUT2D eigenvalue weighted by Crippen LogP contribution is -2.02. The number of ether oxygens (including phenoxy) is 1. The summed E-state index contributed by atoms with van der Waals surface area (Å²) in [5.74, 6) is -1.15. The molecule has 0 aliphatic carbocycles. The van der Waals surface area contributed by atoms with Crippen LogP contribution in [0.5, 0.6) is 0 Å². The largest absolute Gasteiger partial charge is 0.465 e. The lowest BCUT2D eigenvalue weighted by atomic mass is 10.1. The number of hydrogen-bond donors (Lipinski definition) is 0. The molecule has 0 bridgehead atoms. The number of benzene rings is 1. The van der Waals surface area contributed by atoms with Gasteiger partial charge >= 0.3 is 5.97 Å². The van der Waals surface area contributed by atoms with E-state index in [0.29, 0.717) is 16.3 Å². The molecule has 1 aromatic carbocycles. The Kier molecular flexibility index (Phi) is 3.81. The van der Waals surface area contributed by atoms with Crippen molar-refractivity contribution in [1.29, 1.82) is 0 Å². The third-order valence-electron chi connectivity index (χ3n) is 2.57. The number of pyridine rings is 1. The van der Waals surface area contributed by atoms with Gasteiger partial charge in [-0.2, -0.15) is 0 Å². The predicted octanol–water partition coefficient (Wildman–Crippen LogP) is 3.64. The van der Waals surface area contributed by atoms with E-state index in [1.807, 2.05) is 6.92 Å². The van der Waals surface area contributed by atoms with E-state index in [4.69, 9.17) is 11.6 Å². The molecule has 3 nitrogen and oxygen atoms in total. The molecule has 0 fully saturated rings. The summed E-state index contributed by atoms with van der Waals surface area (Å²) in [6.45, 7) is 1.86. The summed E-state index contributed by atoms with van der Waals surface area (Å²) < 4.78 is 18.1. The van der Waals surface area contributed by atoms with Gasteiger partial charge in [0.2, 0.25) is 0 Å². The van der Waals surface area contributed by atoms with Gasteiger partial charge in [-0.15, -0.1) is 0 Å². The smallest absolute Gasteiger partial charge is 0.337 e. The van der Waals surface area contributed by atoms with E-state index < -0.39 is 11.8 Å². The fourth-order valence-electron chi connectivity index (χ4n) is 1.71. The fourth-order valence-corrected chi connectivity index (χ4v) is 2.04. The summed E-state index contributed by atoms with van der Waals surface area (Å²) in [4.78, 5) is 15.6. The van der Waals surface area contributed by atoms with E-state index >= 15 is 0 Å². The minimum absolute atomic E-state index is 0.121. The van der Waals surface area contributed by atoms with E-state index in [0.717, 1.165) is 11.6 Å². The number of carbonyl (C=O) groups is 1. The highest BCUT2D eigenvalue weighted by atomic mass is 35.5. The first-order valence-electron chi connectivity index (χ1n) is 5.52. The van der Waals surface area contributed by atoms with E-state index in [2.05, 4.69) is 9.72 Å². The number of hydrogen-bond acceptors (Lipinski definition) is 3. The van der Waals surface area contributed by atoms with Gasteiger partial charge in [-0.25, -0.2) is 9.18 Å². The fraction of sp³-hybridized carbons (Fsp3) is 0.143. The molecule has 1 aromatic heterocycles. The third-order valence-corrected chi connectivity index (χ3v) is 2.86. The minimum Gasteiger partial charge on any atom is -0.465 e. The highest BCUT2D eigenvalue weighted by Gasteiger charge is 2.12. The zero-order valence-corrected chi connectivity index (χ0v) is 11.2. The van der Waals surface area contributed by atoms with Crippen molar-refractivity contribution in [3.63, 3.8) is 0 Å². The first kappa shape index (κ1) is 13.5. The molecule has 2 rings (SSSR count). The van der Waals surface area contributed by atoms with Crippen LogP contribution in [0.2, 0.25) is 5.02 Å². The SMILES string of the molecule is COC(=O)c1cc(F)cc(-c2ncc(C)cc2Cl)c1. The molecule has 2 aromatic rings. The molecule has 0 amide bonds. The van der Waals surface area contributed by atoms with Crippen molar-refractivity contribution in [2.45, 2.75) is 6.92 Å². The molecule has 5 heteroatoms. The molecule has 0 saturated carbocycles. The normalized spacial score (nSPS) is 10.3. The molecule has 98 valence electrons. The maximum absolute atomic E-state index is 13.5. The Morgan fingerprint density at radius 2 is 2.05 bits per heavy atom. The van der Waals surface area contributed by atoms with Crippen LogP contribution in [-0.4, -0.2) is 18.1 Å². The van der Waals surface area contributed by atoms with Crippen LogP contribution in [0.1, 0.15) is 15.9 Å². The average molecular weight is 280 g/mol. The number of rotatable bonds is 2. The van der Waals surface area contributed by atoms with Crippen LogP contribution in [0.25, 0.3) is 11.3 Å². The van der Waals surface area contributed by atoms with Gasteiger partial charge in [0.15, 0.2) is 0 Å². The summed E-state index contributed by atoms with van der Waals surface area (Å²) in [5, 5.41) is 0.404. The molecule has 0 N–H and O–H groups in total. The summed E-state index contributed by atoms with van der Waals surface area (Å²) in [5.41, 5.74) is 1.89. The van der Waals surface area contributed by atoms with Crippen molar-refractivity contribution in [1.82, 2.24) is 4.98 Å². The topological polar surface area (TPSA) is 39.2 Å². The van der Waals surface area contributed by atoms with Crippen molar-refractivity contribution < 1.29 is 13.9 Å². The minimum atomic E-state index is -0.607. The highest BCUT2D eigenvalue weighted by Crippen LogP contribution is 2.27. The molecule has 0 spiro atoms. The number of halogens is 2. The van der Waals surface area contributed by atoms with Crippen LogP contribution in [0, 0.1) is 12.7 Å². The molecule has 1 heterocycles. The number of carbonyl (C=O) groups excluding carboxylic acids is 1. The highest BCUT2D eigenvalue weighted by molar-refractivity contribution is 6.33. The maximum Gasteiger partial charge on any atom is 0.337 e. The second-order valence-electron chi connectivity index (χ2n) is 4.06. The molecule has 0 atom stereocenters. The number of aryl methyl sites for hydroxylation is 1.